The molecule has 10 heteroatoms. The van der Waals surface area contributed by atoms with E-state index in [-0.39, 0.29) is 43.2 Å². The molecule has 3 unspecified atom stereocenters. The molecular weight excluding hydrogens is 434 g/mol. The lowest BCUT2D eigenvalue weighted by molar-refractivity contribution is -0.187. The van der Waals surface area contributed by atoms with Crippen molar-refractivity contribution in [2.75, 3.05) is 26.2 Å². The number of piperidine rings is 1. The molecule has 3 heterocycles. The van der Waals surface area contributed by atoms with Crippen LogP contribution in [0.5, 0.6) is 0 Å². The van der Waals surface area contributed by atoms with Gasteiger partial charge in [0.25, 0.3) is 5.91 Å². The molecule has 3 aliphatic rings. The summed E-state index contributed by atoms with van der Waals surface area (Å²) >= 11 is 12.0. The molecule has 1 N–H and O–H groups in total. The van der Waals surface area contributed by atoms with E-state index in [1.807, 2.05) is 19.1 Å². The summed E-state index contributed by atoms with van der Waals surface area (Å²) in [5, 5.41) is 3.17. The summed E-state index contributed by atoms with van der Waals surface area (Å²) in [7, 11) is 0. The number of benzene rings is 1. The Morgan fingerprint density at radius 3 is 2.53 bits per heavy atom. The Morgan fingerprint density at radius 1 is 1.27 bits per heavy atom. The van der Waals surface area contributed by atoms with E-state index in [0.29, 0.717) is 18.0 Å². The molecule has 4 atom stereocenters. The number of carbonyl (C=O) groups is 3. The zero-order valence-corrected chi connectivity index (χ0v) is 17.9. The lowest BCUT2D eigenvalue weighted by atomic mass is 9.81. The van der Waals surface area contributed by atoms with Crippen molar-refractivity contribution in [1.29, 1.82) is 0 Å². The molecule has 0 bridgehead atoms. The van der Waals surface area contributed by atoms with Gasteiger partial charge in [-0.05, 0) is 31.0 Å². The Bertz CT molecular complexity index is 849. The Kier molecular flexibility index (Phi) is 5.67. The van der Waals surface area contributed by atoms with Gasteiger partial charge in [0.1, 0.15) is 18.9 Å². The molecule has 1 spiro atoms. The summed E-state index contributed by atoms with van der Waals surface area (Å²) in [5.74, 6) is -0.640. The number of likely N-dealkylation sites (tertiary alicyclic amines) is 1. The van der Waals surface area contributed by atoms with Crippen LogP contribution < -0.4 is 5.32 Å². The molecule has 0 aliphatic carbocycles. The number of hydrogen-bond donors (Lipinski definition) is 1. The Hall–Kier alpha value is -1.90. The number of amides is 3. The first-order valence-electron chi connectivity index (χ1n) is 9.86. The van der Waals surface area contributed by atoms with E-state index in [9.17, 15) is 18.8 Å². The number of halogens is 3. The number of piperazine rings is 1. The molecule has 0 radical (unpaired) electrons. The second kappa shape index (κ2) is 7.98. The normalized spacial score (nSPS) is 29.7. The Balaban J connectivity index is 1.66. The topological polar surface area (TPSA) is 73.0 Å². The standard InChI is InChI=1S/C20H23Cl2FN4O3/c1-12(13-2-4-14(21)5-3-13)27-17(29)8-26(18-16(23)6-15(22)7-24-18)19(30)20(27)9-25(10-20)11-28/h2-5,11-12,15-16,18,24H,6-10H2,1H3/t12-,15?,16?,18?/m0/s1. The van der Waals surface area contributed by atoms with Crippen LogP contribution in [0.15, 0.2) is 24.3 Å². The van der Waals surface area contributed by atoms with Crippen LogP contribution in [0, 0.1) is 0 Å². The Labute approximate surface area is 184 Å². The predicted molar refractivity (Wildman–Crippen MR) is 110 cm³/mol. The summed E-state index contributed by atoms with van der Waals surface area (Å²) < 4.78 is 14.7. The van der Waals surface area contributed by atoms with Gasteiger partial charge in [-0.1, -0.05) is 23.7 Å². The fourth-order valence-corrected chi connectivity index (χ4v) is 5.12. The van der Waals surface area contributed by atoms with Crippen LogP contribution >= 0.6 is 23.2 Å². The van der Waals surface area contributed by atoms with Gasteiger partial charge in [-0.25, -0.2) is 4.39 Å². The van der Waals surface area contributed by atoms with Crippen molar-refractivity contribution >= 4 is 41.4 Å². The molecule has 3 aliphatic heterocycles. The average molecular weight is 457 g/mol. The number of carbonyl (C=O) groups excluding carboxylic acids is 3. The first-order valence-corrected chi connectivity index (χ1v) is 10.7. The van der Waals surface area contributed by atoms with Gasteiger partial charge >= 0.3 is 0 Å². The quantitative estimate of drug-likeness (QED) is 0.550. The first-order chi connectivity index (χ1) is 14.3. The van der Waals surface area contributed by atoms with E-state index in [4.69, 9.17) is 23.2 Å². The van der Waals surface area contributed by atoms with Gasteiger partial charge in [-0.15, -0.1) is 11.6 Å². The van der Waals surface area contributed by atoms with Crippen molar-refractivity contribution in [3.63, 3.8) is 0 Å². The molecule has 1 aromatic rings. The van der Waals surface area contributed by atoms with Gasteiger partial charge < -0.3 is 14.7 Å². The second-order valence-electron chi connectivity index (χ2n) is 8.17. The molecule has 3 amide bonds. The number of nitrogens with one attached hydrogen (secondary N) is 1. The smallest absolute Gasteiger partial charge is 0.254 e. The highest BCUT2D eigenvalue weighted by molar-refractivity contribution is 6.30. The zero-order chi connectivity index (χ0) is 21.6. The van der Waals surface area contributed by atoms with Crippen LogP contribution in [0.25, 0.3) is 0 Å². The third-order valence-corrected chi connectivity index (χ3v) is 6.80. The molecule has 7 nitrogen and oxygen atoms in total. The van der Waals surface area contributed by atoms with Crippen molar-refractivity contribution in [2.24, 2.45) is 0 Å². The zero-order valence-electron chi connectivity index (χ0n) is 16.4. The third-order valence-electron chi connectivity index (χ3n) is 6.22. The van der Waals surface area contributed by atoms with E-state index in [1.165, 1.54) is 9.80 Å². The molecule has 30 heavy (non-hydrogen) atoms. The summed E-state index contributed by atoms with van der Waals surface area (Å²) in [4.78, 5) is 42.4. The fraction of sp³-hybridized carbons (Fsp3) is 0.550. The van der Waals surface area contributed by atoms with E-state index < -0.39 is 23.9 Å². The van der Waals surface area contributed by atoms with E-state index in [2.05, 4.69) is 5.32 Å². The monoisotopic (exact) mass is 456 g/mol. The van der Waals surface area contributed by atoms with Gasteiger partial charge in [0.05, 0.1) is 19.1 Å². The minimum Gasteiger partial charge on any atom is -0.339 e. The van der Waals surface area contributed by atoms with Crippen LogP contribution in [0.3, 0.4) is 0 Å². The largest absolute Gasteiger partial charge is 0.339 e. The third kappa shape index (κ3) is 3.44. The molecule has 3 saturated heterocycles. The van der Waals surface area contributed by atoms with Crippen LogP contribution in [0.1, 0.15) is 24.9 Å². The van der Waals surface area contributed by atoms with Crippen molar-refractivity contribution in [2.45, 2.75) is 42.6 Å². The van der Waals surface area contributed by atoms with E-state index in [1.54, 1.807) is 17.0 Å². The SMILES string of the molecule is C[C@@H](c1ccc(Cl)cc1)N1C(=O)CN(C2NCC(Cl)CC2F)C(=O)C12CN(C=O)C2. The van der Waals surface area contributed by atoms with E-state index >= 15 is 0 Å². The molecule has 4 rings (SSSR count). The van der Waals surface area contributed by atoms with E-state index in [0.717, 1.165) is 5.56 Å². The van der Waals surface area contributed by atoms with Gasteiger partial charge in [0, 0.05) is 16.9 Å². The molecule has 1 aromatic carbocycles. The minimum atomic E-state index is -1.38. The van der Waals surface area contributed by atoms with Crippen LogP contribution in [-0.2, 0) is 14.4 Å². The molecule has 3 fully saturated rings. The molecule has 0 saturated carbocycles. The number of rotatable bonds is 4. The van der Waals surface area contributed by atoms with Gasteiger partial charge in [0.2, 0.25) is 12.3 Å². The summed E-state index contributed by atoms with van der Waals surface area (Å²) in [6.07, 6.45) is -1.53. The fourth-order valence-electron chi connectivity index (χ4n) is 4.73. The molecule has 162 valence electrons. The van der Waals surface area contributed by atoms with Crippen molar-refractivity contribution < 1.29 is 18.8 Å². The van der Waals surface area contributed by atoms with Crippen LogP contribution in [-0.4, -0.2) is 82.4 Å². The lowest BCUT2D eigenvalue weighted by Gasteiger charge is -2.60. The lowest BCUT2D eigenvalue weighted by Crippen LogP contribution is -2.82. The Morgan fingerprint density at radius 2 is 1.93 bits per heavy atom. The average Bonchev–Trinajstić information content (AvgIpc) is 2.68. The van der Waals surface area contributed by atoms with Gasteiger partial charge in [-0.3, -0.25) is 19.7 Å². The number of hydrogen-bond acceptors (Lipinski definition) is 4. The molecule has 0 aromatic heterocycles. The first kappa shape index (κ1) is 21.3. The summed E-state index contributed by atoms with van der Waals surface area (Å²) in [5.41, 5.74) is -0.392. The second-order valence-corrected chi connectivity index (χ2v) is 9.22. The van der Waals surface area contributed by atoms with Gasteiger partial charge in [0.15, 0.2) is 5.54 Å². The van der Waals surface area contributed by atoms with Crippen molar-refractivity contribution in [1.82, 2.24) is 20.0 Å². The number of nitrogens with zero attached hydrogens (tertiary/aromatic N) is 3. The highest BCUT2D eigenvalue weighted by Gasteiger charge is 2.62. The molecular formula is C20H23Cl2FN4O3. The maximum absolute atomic E-state index is 14.7. The van der Waals surface area contributed by atoms with Crippen LogP contribution in [0.2, 0.25) is 5.02 Å². The van der Waals surface area contributed by atoms with Crippen LogP contribution in [0.4, 0.5) is 4.39 Å². The highest BCUT2D eigenvalue weighted by atomic mass is 35.5. The minimum absolute atomic E-state index is 0.0807. The van der Waals surface area contributed by atoms with Crippen molar-refractivity contribution in [3.05, 3.63) is 34.9 Å². The summed E-state index contributed by atoms with van der Waals surface area (Å²) in [6, 6.07) is 6.65. The predicted octanol–water partition coefficient (Wildman–Crippen LogP) is 1.55. The summed E-state index contributed by atoms with van der Waals surface area (Å²) in [6.45, 7) is 2.12. The number of alkyl halides is 2. The highest BCUT2D eigenvalue weighted by Crippen LogP contribution is 2.40. The van der Waals surface area contributed by atoms with Crippen molar-refractivity contribution in [3.8, 4) is 0 Å². The van der Waals surface area contributed by atoms with Gasteiger partial charge in [-0.2, -0.15) is 0 Å². The maximum Gasteiger partial charge on any atom is 0.254 e. The maximum atomic E-state index is 14.7.